The van der Waals surface area contributed by atoms with Crippen molar-refractivity contribution in [3.8, 4) is 5.75 Å². The molecule has 1 aromatic heterocycles. The van der Waals surface area contributed by atoms with Gasteiger partial charge in [-0.25, -0.2) is 4.98 Å². The van der Waals surface area contributed by atoms with Gasteiger partial charge >= 0.3 is 0 Å². The average Bonchev–Trinajstić information content (AvgIpc) is 1.94. The molecule has 3 N–H and O–H groups in total. The third-order valence-corrected chi connectivity index (χ3v) is 1.59. The Bertz CT molecular complexity index is 247. The van der Waals surface area contributed by atoms with Gasteiger partial charge in [0.25, 0.3) is 0 Å². The summed E-state index contributed by atoms with van der Waals surface area (Å²) in [7, 11) is 0. The van der Waals surface area contributed by atoms with Crippen LogP contribution in [0, 0.1) is 0 Å². The number of nitrogens with zero attached hydrogens (tertiary/aromatic N) is 1. The number of rotatable bonds is 1. The van der Waals surface area contributed by atoms with Crippen LogP contribution in [0.5, 0.6) is 5.75 Å². The van der Waals surface area contributed by atoms with Gasteiger partial charge in [-0.1, -0.05) is 0 Å². The van der Waals surface area contributed by atoms with Gasteiger partial charge in [0.2, 0.25) is 0 Å². The Morgan fingerprint density at radius 1 is 1.50 bits per heavy atom. The van der Waals surface area contributed by atoms with E-state index >= 15 is 0 Å². The molecule has 1 heterocycles. The number of hydrogen-bond donors (Lipinski definition) is 2. The summed E-state index contributed by atoms with van der Waals surface area (Å²) < 4.78 is 0.686. The van der Waals surface area contributed by atoms with Crippen LogP contribution in [0.4, 0.5) is 0 Å². The molecule has 3 nitrogen and oxygen atoms in total. The maximum absolute atomic E-state index is 9.07. The summed E-state index contributed by atoms with van der Waals surface area (Å²) >= 11 is 3.16. The predicted molar refractivity (Wildman–Crippen MR) is 56.0 cm³/mol. The van der Waals surface area contributed by atoms with Crippen molar-refractivity contribution in [2.45, 2.75) is 6.54 Å². The molecule has 0 aliphatic heterocycles. The average molecular weight is 276 g/mol. The lowest BCUT2D eigenvalue weighted by Crippen LogP contribution is -1.96. The van der Waals surface area contributed by atoms with Crippen LogP contribution in [-0.4, -0.2) is 10.1 Å². The zero-order valence-corrected chi connectivity index (χ0v) is 9.25. The lowest BCUT2D eigenvalue weighted by molar-refractivity contribution is 0.465. The number of nitrogens with two attached hydrogens (primary N) is 1. The molecule has 0 radical (unpaired) electrons. The number of halogens is 3. The van der Waals surface area contributed by atoms with Crippen LogP contribution in [0.25, 0.3) is 0 Å². The highest BCUT2D eigenvalue weighted by atomic mass is 79.9. The highest BCUT2D eigenvalue weighted by Crippen LogP contribution is 2.17. The van der Waals surface area contributed by atoms with Crippen LogP contribution in [0.15, 0.2) is 16.9 Å². The largest absolute Gasteiger partial charge is 0.506 e. The Hall–Kier alpha value is -0.0300. The molecule has 1 aromatic rings. The normalized spacial score (nSPS) is 8.17. The minimum atomic E-state index is 0. The molecule has 0 aliphatic rings. The van der Waals surface area contributed by atoms with Gasteiger partial charge in [-0.05, 0) is 22.0 Å². The Labute approximate surface area is 91.3 Å². The minimum absolute atomic E-state index is 0. The first-order valence-electron chi connectivity index (χ1n) is 2.77. The van der Waals surface area contributed by atoms with E-state index in [2.05, 4.69) is 20.9 Å². The van der Waals surface area contributed by atoms with Crippen LogP contribution < -0.4 is 5.73 Å². The molecular formula is C6H9BrCl2N2O. The highest BCUT2D eigenvalue weighted by Gasteiger charge is 1.98. The van der Waals surface area contributed by atoms with E-state index in [9.17, 15) is 0 Å². The molecule has 12 heavy (non-hydrogen) atoms. The molecule has 0 saturated heterocycles. The van der Waals surface area contributed by atoms with E-state index in [1.165, 1.54) is 6.20 Å². The Morgan fingerprint density at radius 3 is 2.50 bits per heavy atom. The van der Waals surface area contributed by atoms with E-state index in [1.807, 2.05) is 0 Å². The fraction of sp³-hybridized carbons (Fsp3) is 0.167. The van der Waals surface area contributed by atoms with E-state index in [0.29, 0.717) is 16.7 Å². The Balaban J connectivity index is 0. The first-order valence-corrected chi connectivity index (χ1v) is 3.57. The third kappa shape index (κ3) is 3.58. The van der Waals surface area contributed by atoms with E-state index in [-0.39, 0.29) is 30.6 Å². The van der Waals surface area contributed by atoms with Crippen molar-refractivity contribution < 1.29 is 5.11 Å². The first-order chi connectivity index (χ1) is 4.74. The standard InChI is InChI=1S/C6H7BrN2O.2ClH/c7-6-1-4(2-8)5(10)3-9-6;;/h1,3,10H,2,8H2;2*1H. The fourth-order valence-electron chi connectivity index (χ4n) is 0.624. The molecule has 0 aromatic carbocycles. The molecule has 70 valence electrons. The quantitative estimate of drug-likeness (QED) is 0.769. The molecule has 0 aliphatic carbocycles. The van der Waals surface area contributed by atoms with Gasteiger partial charge in [0.1, 0.15) is 10.4 Å². The molecule has 6 heteroatoms. The summed E-state index contributed by atoms with van der Waals surface area (Å²) in [5.74, 6) is 0.144. The summed E-state index contributed by atoms with van der Waals surface area (Å²) in [6.07, 6.45) is 1.37. The van der Waals surface area contributed by atoms with Crippen LogP contribution in [0.1, 0.15) is 5.56 Å². The van der Waals surface area contributed by atoms with Gasteiger partial charge in [-0.2, -0.15) is 0 Å². The van der Waals surface area contributed by atoms with Crippen LogP contribution in [-0.2, 0) is 6.54 Å². The van der Waals surface area contributed by atoms with Crippen LogP contribution >= 0.6 is 40.7 Å². The lowest BCUT2D eigenvalue weighted by Gasteiger charge is -1.99. The van der Waals surface area contributed by atoms with Crippen LogP contribution in [0.2, 0.25) is 0 Å². The molecule has 0 atom stereocenters. The zero-order valence-electron chi connectivity index (χ0n) is 6.03. The predicted octanol–water partition coefficient (Wildman–Crippen LogP) is 1.85. The number of pyridine rings is 1. The van der Waals surface area contributed by atoms with Crippen LogP contribution in [0.3, 0.4) is 0 Å². The SMILES string of the molecule is Cl.Cl.NCc1cc(Br)ncc1O. The summed E-state index contributed by atoms with van der Waals surface area (Å²) in [5, 5.41) is 9.07. The van der Waals surface area contributed by atoms with E-state index < -0.39 is 0 Å². The van der Waals surface area contributed by atoms with Gasteiger partial charge in [0.15, 0.2) is 0 Å². The van der Waals surface area contributed by atoms with Gasteiger partial charge in [0.05, 0.1) is 6.20 Å². The van der Waals surface area contributed by atoms with E-state index in [0.717, 1.165) is 0 Å². The second-order valence-corrected chi connectivity index (χ2v) is 2.65. The third-order valence-electron chi connectivity index (χ3n) is 1.15. The van der Waals surface area contributed by atoms with E-state index in [4.69, 9.17) is 10.8 Å². The second-order valence-electron chi connectivity index (χ2n) is 1.84. The fourth-order valence-corrected chi connectivity index (χ4v) is 1.00. The molecular weight excluding hydrogens is 267 g/mol. The molecule has 0 unspecified atom stereocenters. The topological polar surface area (TPSA) is 59.1 Å². The summed E-state index contributed by atoms with van der Waals surface area (Å²) in [4.78, 5) is 3.80. The summed E-state index contributed by atoms with van der Waals surface area (Å²) in [6, 6.07) is 1.69. The smallest absolute Gasteiger partial charge is 0.138 e. The molecule has 1 rings (SSSR count). The monoisotopic (exact) mass is 274 g/mol. The number of aromatic hydroxyl groups is 1. The van der Waals surface area contributed by atoms with Crippen molar-refractivity contribution in [1.29, 1.82) is 0 Å². The van der Waals surface area contributed by atoms with E-state index in [1.54, 1.807) is 6.07 Å². The Kier molecular flexibility index (Phi) is 7.83. The second kappa shape index (κ2) is 6.48. The van der Waals surface area contributed by atoms with Gasteiger partial charge in [0, 0.05) is 12.1 Å². The molecule has 0 fully saturated rings. The molecule has 0 amide bonds. The van der Waals surface area contributed by atoms with Crippen molar-refractivity contribution in [3.05, 3.63) is 22.4 Å². The van der Waals surface area contributed by atoms with Crippen molar-refractivity contribution in [2.75, 3.05) is 0 Å². The maximum Gasteiger partial charge on any atom is 0.138 e. The maximum atomic E-state index is 9.07. The van der Waals surface area contributed by atoms with Gasteiger partial charge < -0.3 is 10.8 Å². The highest BCUT2D eigenvalue weighted by molar-refractivity contribution is 9.10. The van der Waals surface area contributed by atoms with Crippen molar-refractivity contribution in [1.82, 2.24) is 4.98 Å². The number of hydrogen-bond acceptors (Lipinski definition) is 3. The molecule has 0 spiro atoms. The Morgan fingerprint density at radius 2 is 2.08 bits per heavy atom. The van der Waals surface area contributed by atoms with Gasteiger partial charge in [-0.3, -0.25) is 0 Å². The van der Waals surface area contributed by atoms with Crippen molar-refractivity contribution in [3.63, 3.8) is 0 Å². The van der Waals surface area contributed by atoms with Crippen molar-refractivity contribution in [2.24, 2.45) is 5.73 Å². The summed E-state index contributed by atoms with van der Waals surface area (Å²) in [6.45, 7) is 0.326. The molecule has 0 saturated carbocycles. The summed E-state index contributed by atoms with van der Waals surface area (Å²) in [5.41, 5.74) is 6.01. The lowest BCUT2D eigenvalue weighted by atomic mass is 10.2. The first kappa shape index (κ1) is 14.5. The van der Waals surface area contributed by atoms with Crippen molar-refractivity contribution >= 4 is 40.7 Å². The zero-order chi connectivity index (χ0) is 7.56. The molecule has 0 bridgehead atoms. The minimum Gasteiger partial charge on any atom is -0.506 e. The van der Waals surface area contributed by atoms with Gasteiger partial charge in [-0.15, -0.1) is 24.8 Å². The number of aromatic nitrogens is 1.